The number of thiazole rings is 1. The highest BCUT2D eigenvalue weighted by Crippen LogP contribution is 2.24. The quantitative estimate of drug-likeness (QED) is 0.879. The molecule has 2 rings (SSSR count). The zero-order valence-electron chi connectivity index (χ0n) is 12.2. The van der Waals surface area contributed by atoms with E-state index in [1.807, 2.05) is 31.2 Å². The molecular formula is C16H21NO2S. The van der Waals surface area contributed by atoms with Gasteiger partial charge in [-0.05, 0) is 38.0 Å². The van der Waals surface area contributed by atoms with Crippen LogP contribution in [0.3, 0.4) is 0 Å². The number of aryl methyl sites for hydroxylation is 2. The van der Waals surface area contributed by atoms with Gasteiger partial charge in [0.15, 0.2) is 0 Å². The molecule has 1 aromatic carbocycles. The molecule has 0 aliphatic rings. The molecule has 1 unspecified atom stereocenters. The van der Waals surface area contributed by atoms with Crippen LogP contribution in [0, 0.1) is 13.8 Å². The van der Waals surface area contributed by atoms with Crippen LogP contribution in [0.2, 0.25) is 0 Å². The maximum Gasteiger partial charge on any atom is 0.119 e. The largest absolute Gasteiger partial charge is 0.494 e. The highest BCUT2D eigenvalue weighted by Gasteiger charge is 2.12. The van der Waals surface area contributed by atoms with Crippen LogP contribution in [0.15, 0.2) is 24.3 Å². The van der Waals surface area contributed by atoms with Crippen molar-refractivity contribution in [2.24, 2.45) is 0 Å². The lowest BCUT2D eigenvalue weighted by Gasteiger charge is -2.10. The first-order chi connectivity index (χ1) is 9.60. The minimum atomic E-state index is -0.514. The number of aromatic nitrogens is 1. The summed E-state index contributed by atoms with van der Waals surface area (Å²) >= 11 is 1.66. The standard InChI is InChI=1S/C16H21NO2S/c1-4-9-19-14-7-5-13(6-8-14)15(18)10-16-17-11(2)12(3)20-16/h5-8,15,18H,4,9-10H2,1-3H3. The average Bonchev–Trinajstić information content (AvgIpc) is 2.75. The molecule has 0 saturated heterocycles. The second-order valence-electron chi connectivity index (χ2n) is 4.89. The van der Waals surface area contributed by atoms with Crippen molar-refractivity contribution in [3.05, 3.63) is 45.4 Å². The molecule has 1 atom stereocenters. The summed E-state index contributed by atoms with van der Waals surface area (Å²) in [5.41, 5.74) is 1.96. The van der Waals surface area contributed by atoms with Crippen molar-refractivity contribution in [2.45, 2.75) is 39.7 Å². The van der Waals surface area contributed by atoms with Gasteiger partial charge in [0.1, 0.15) is 5.75 Å². The zero-order valence-corrected chi connectivity index (χ0v) is 13.0. The fourth-order valence-corrected chi connectivity index (χ4v) is 2.89. The van der Waals surface area contributed by atoms with Crippen LogP contribution < -0.4 is 4.74 Å². The van der Waals surface area contributed by atoms with Gasteiger partial charge in [-0.15, -0.1) is 11.3 Å². The van der Waals surface area contributed by atoms with E-state index in [2.05, 4.69) is 18.8 Å². The Balaban J connectivity index is 1.99. The Hall–Kier alpha value is -1.39. The van der Waals surface area contributed by atoms with Gasteiger partial charge in [0.05, 0.1) is 23.4 Å². The van der Waals surface area contributed by atoms with Crippen LogP contribution in [0.4, 0.5) is 0 Å². The van der Waals surface area contributed by atoms with E-state index >= 15 is 0 Å². The van der Waals surface area contributed by atoms with E-state index in [1.54, 1.807) is 11.3 Å². The summed E-state index contributed by atoms with van der Waals surface area (Å²) in [6.45, 7) is 6.86. The van der Waals surface area contributed by atoms with Gasteiger partial charge in [-0.2, -0.15) is 0 Å². The van der Waals surface area contributed by atoms with Crippen molar-refractivity contribution in [1.82, 2.24) is 4.98 Å². The Morgan fingerprint density at radius 2 is 1.95 bits per heavy atom. The van der Waals surface area contributed by atoms with Crippen molar-refractivity contribution < 1.29 is 9.84 Å². The molecule has 0 spiro atoms. The predicted molar refractivity (Wildman–Crippen MR) is 82.5 cm³/mol. The fraction of sp³-hybridized carbons (Fsp3) is 0.438. The van der Waals surface area contributed by atoms with Crippen LogP contribution in [0.1, 0.15) is 40.6 Å². The molecular weight excluding hydrogens is 270 g/mol. The Morgan fingerprint density at radius 1 is 1.25 bits per heavy atom. The number of aliphatic hydroxyl groups is 1. The molecule has 0 aliphatic carbocycles. The minimum Gasteiger partial charge on any atom is -0.494 e. The molecule has 0 aliphatic heterocycles. The SMILES string of the molecule is CCCOc1ccc(C(O)Cc2nc(C)c(C)s2)cc1. The van der Waals surface area contributed by atoms with Gasteiger partial charge in [0.2, 0.25) is 0 Å². The number of hydrogen-bond acceptors (Lipinski definition) is 4. The third kappa shape index (κ3) is 3.81. The topological polar surface area (TPSA) is 42.4 Å². The second-order valence-corrected chi connectivity index (χ2v) is 6.17. The first kappa shape index (κ1) is 15.0. The molecule has 1 aromatic heterocycles. The molecule has 0 saturated carbocycles. The molecule has 0 radical (unpaired) electrons. The molecule has 1 N–H and O–H groups in total. The first-order valence-corrected chi connectivity index (χ1v) is 7.75. The van der Waals surface area contributed by atoms with Crippen LogP contribution in [0.25, 0.3) is 0 Å². The summed E-state index contributed by atoms with van der Waals surface area (Å²) in [5.74, 6) is 0.851. The van der Waals surface area contributed by atoms with Gasteiger partial charge >= 0.3 is 0 Å². The van der Waals surface area contributed by atoms with Crippen LogP contribution in [0.5, 0.6) is 5.75 Å². The lowest BCUT2D eigenvalue weighted by molar-refractivity contribution is 0.178. The first-order valence-electron chi connectivity index (χ1n) is 6.94. The third-order valence-electron chi connectivity index (χ3n) is 3.18. The normalized spacial score (nSPS) is 12.4. The average molecular weight is 291 g/mol. The maximum atomic E-state index is 10.3. The lowest BCUT2D eigenvalue weighted by Crippen LogP contribution is -2.02. The summed E-state index contributed by atoms with van der Waals surface area (Å²) in [6, 6.07) is 7.66. The van der Waals surface area contributed by atoms with Gasteiger partial charge in [-0.25, -0.2) is 4.98 Å². The Labute approximate surface area is 124 Å². The Morgan fingerprint density at radius 3 is 2.50 bits per heavy atom. The second kappa shape index (κ2) is 6.86. The van der Waals surface area contributed by atoms with Crippen molar-refractivity contribution in [3.8, 4) is 5.75 Å². The highest BCUT2D eigenvalue weighted by molar-refractivity contribution is 7.11. The van der Waals surface area contributed by atoms with Crippen LogP contribution >= 0.6 is 11.3 Å². The molecule has 3 nitrogen and oxygen atoms in total. The van der Waals surface area contributed by atoms with Crippen molar-refractivity contribution in [1.29, 1.82) is 0 Å². The summed E-state index contributed by atoms with van der Waals surface area (Å²) in [7, 11) is 0. The fourth-order valence-electron chi connectivity index (χ4n) is 1.92. The van der Waals surface area contributed by atoms with E-state index in [0.717, 1.165) is 35.0 Å². The van der Waals surface area contributed by atoms with E-state index in [0.29, 0.717) is 6.42 Å². The minimum absolute atomic E-state index is 0.514. The third-order valence-corrected chi connectivity index (χ3v) is 4.27. The highest BCUT2D eigenvalue weighted by atomic mass is 32.1. The molecule has 0 bridgehead atoms. The summed E-state index contributed by atoms with van der Waals surface area (Å²) in [4.78, 5) is 5.69. The van der Waals surface area contributed by atoms with Gasteiger partial charge in [0, 0.05) is 11.3 Å². The van der Waals surface area contributed by atoms with Crippen LogP contribution in [-0.2, 0) is 6.42 Å². The Bertz CT molecular complexity index is 529. The number of rotatable bonds is 6. The number of aliphatic hydroxyl groups excluding tert-OH is 1. The number of nitrogens with zero attached hydrogens (tertiary/aromatic N) is 1. The van der Waals surface area contributed by atoms with E-state index in [4.69, 9.17) is 4.74 Å². The van der Waals surface area contributed by atoms with Gasteiger partial charge < -0.3 is 9.84 Å². The lowest BCUT2D eigenvalue weighted by atomic mass is 10.1. The number of hydrogen-bond donors (Lipinski definition) is 1. The maximum absolute atomic E-state index is 10.3. The van der Waals surface area contributed by atoms with E-state index in [9.17, 15) is 5.11 Å². The monoisotopic (exact) mass is 291 g/mol. The van der Waals surface area contributed by atoms with E-state index < -0.39 is 6.10 Å². The van der Waals surface area contributed by atoms with E-state index in [-0.39, 0.29) is 0 Å². The predicted octanol–water partition coefficient (Wildman–Crippen LogP) is 3.82. The Kier molecular flexibility index (Phi) is 5.15. The zero-order chi connectivity index (χ0) is 14.5. The summed E-state index contributed by atoms with van der Waals surface area (Å²) in [5, 5.41) is 11.3. The number of benzene rings is 1. The van der Waals surface area contributed by atoms with E-state index in [1.165, 1.54) is 4.88 Å². The summed E-state index contributed by atoms with van der Waals surface area (Å²) < 4.78 is 5.54. The molecule has 2 aromatic rings. The van der Waals surface area contributed by atoms with Gasteiger partial charge in [-0.3, -0.25) is 0 Å². The number of ether oxygens (including phenoxy) is 1. The van der Waals surface area contributed by atoms with Crippen molar-refractivity contribution >= 4 is 11.3 Å². The molecule has 4 heteroatoms. The molecule has 20 heavy (non-hydrogen) atoms. The molecule has 0 amide bonds. The molecule has 0 fully saturated rings. The van der Waals surface area contributed by atoms with Gasteiger partial charge in [0.25, 0.3) is 0 Å². The van der Waals surface area contributed by atoms with Crippen molar-refractivity contribution in [2.75, 3.05) is 6.61 Å². The van der Waals surface area contributed by atoms with Crippen LogP contribution in [-0.4, -0.2) is 16.7 Å². The van der Waals surface area contributed by atoms with Crippen molar-refractivity contribution in [3.63, 3.8) is 0 Å². The summed E-state index contributed by atoms with van der Waals surface area (Å²) in [6.07, 6.45) is 1.04. The molecule has 1 heterocycles. The van der Waals surface area contributed by atoms with Gasteiger partial charge in [-0.1, -0.05) is 19.1 Å². The molecule has 108 valence electrons. The smallest absolute Gasteiger partial charge is 0.119 e.